The first-order chi connectivity index (χ1) is 19.1. The average molecular weight is 573 g/mol. The third kappa shape index (κ3) is 11.5. The molecule has 0 fully saturated rings. The van der Waals surface area contributed by atoms with Crippen LogP contribution in [0, 0.1) is 0 Å². The third-order valence-electron chi connectivity index (χ3n) is 6.06. The summed E-state index contributed by atoms with van der Waals surface area (Å²) < 4.78 is 0. The summed E-state index contributed by atoms with van der Waals surface area (Å²) in [5.74, 6) is -4.09. The van der Waals surface area contributed by atoms with Crippen LogP contribution in [-0.2, 0) is 36.8 Å². The molecule has 4 unspecified atom stereocenters. The number of thioether (sulfide) groups is 1. The van der Waals surface area contributed by atoms with Crippen molar-refractivity contribution in [2.45, 2.75) is 56.3 Å². The van der Waals surface area contributed by atoms with E-state index in [4.69, 9.17) is 10.8 Å². The molecule has 12 heteroatoms. The van der Waals surface area contributed by atoms with Crippen molar-refractivity contribution < 1.29 is 34.2 Å². The molecule has 3 amide bonds. The predicted octanol–water partition coefficient (Wildman–Crippen LogP) is 0.956. The van der Waals surface area contributed by atoms with Gasteiger partial charge < -0.3 is 31.9 Å². The first kappa shape index (κ1) is 32.3. The summed E-state index contributed by atoms with van der Waals surface area (Å²) in [4.78, 5) is 62.2. The number of carboxylic acid groups (broad SMARTS) is 2. The van der Waals surface area contributed by atoms with Crippen LogP contribution in [0.5, 0.6) is 0 Å². The van der Waals surface area contributed by atoms with Crippen LogP contribution in [0.2, 0.25) is 0 Å². The number of aliphatic carboxylic acids is 2. The Morgan fingerprint density at radius 2 is 1.23 bits per heavy atom. The monoisotopic (exact) mass is 572 g/mol. The Hall–Kier alpha value is -3.90. The van der Waals surface area contributed by atoms with Crippen LogP contribution < -0.4 is 21.7 Å². The van der Waals surface area contributed by atoms with E-state index < -0.39 is 60.2 Å². The fourth-order valence-electron chi connectivity index (χ4n) is 3.87. The van der Waals surface area contributed by atoms with Crippen molar-refractivity contribution in [2.24, 2.45) is 5.73 Å². The molecule has 0 aliphatic carbocycles. The van der Waals surface area contributed by atoms with Gasteiger partial charge in [0.15, 0.2) is 0 Å². The Labute approximate surface area is 237 Å². The number of carboxylic acids is 2. The highest BCUT2D eigenvalue weighted by atomic mass is 32.2. The fourth-order valence-corrected chi connectivity index (χ4v) is 4.34. The maximum absolute atomic E-state index is 13.4. The van der Waals surface area contributed by atoms with Gasteiger partial charge in [0.25, 0.3) is 0 Å². The third-order valence-corrected chi connectivity index (χ3v) is 6.70. The van der Waals surface area contributed by atoms with Crippen LogP contribution in [0.1, 0.15) is 30.4 Å². The molecule has 0 aliphatic rings. The molecule has 0 saturated heterocycles. The summed E-state index contributed by atoms with van der Waals surface area (Å²) in [6, 6.07) is 13.4. The first-order valence-corrected chi connectivity index (χ1v) is 14.2. The number of hydrogen-bond acceptors (Lipinski definition) is 7. The lowest BCUT2D eigenvalue weighted by molar-refractivity contribution is -0.143. The van der Waals surface area contributed by atoms with Crippen LogP contribution in [0.3, 0.4) is 0 Å². The molecule has 216 valence electrons. The summed E-state index contributed by atoms with van der Waals surface area (Å²) in [7, 11) is 0. The van der Waals surface area contributed by atoms with E-state index in [2.05, 4.69) is 16.0 Å². The zero-order valence-corrected chi connectivity index (χ0v) is 23.1. The quantitative estimate of drug-likeness (QED) is 0.160. The zero-order chi connectivity index (χ0) is 29.5. The molecule has 0 spiro atoms. The normalized spacial score (nSPS) is 13.8. The molecule has 4 atom stereocenters. The molecule has 40 heavy (non-hydrogen) atoms. The number of amides is 3. The summed E-state index contributed by atoms with van der Waals surface area (Å²) in [6.07, 6.45) is 1.54. The summed E-state index contributed by atoms with van der Waals surface area (Å²) in [5.41, 5.74) is 7.69. The van der Waals surface area contributed by atoms with E-state index in [-0.39, 0.29) is 25.7 Å². The van der Waals surface area contributed by atoms with E-state index in [0.29, 0.717) is 5.75 Å². The smallest absolute Gasteiger partial charge is 0.326 e. The van der Waals surface area contributed by atoms with Crippen molar-refractivity contribution in [3.05, 3.63) is 71.8 Å². The molecule has 7 N–H and O–H groups in total. The lowest BCUT2D eigenvalue weighted by Gasteiger charge is -2.25. The molecule has 0 saturated carbocycles. The molecule has 0 aliphatic heterocycles. The van der Waals surface area contributed by atoms with Gasteiger partial charge in [-0.05, 0) is 42.4 Å². The SMILES string of the molecule is CSCCC(NC(=O)C(CCC(=O)O)NC(=O)C(Cc1ccccc1)NC(=O)C(N)Cc1ccccc1)C(=O)O. The summed E-state index contributed by atoms with van der Waals surface area (Å²) >= 11 is 1.41. The minimum absolute atomic E-state index is 0.0786. The van der Waals surface area contributed by atoms with Crippen molar-refractivity contribution in [1.29, 1.82) is 0 Å². The van der Waals surface area contributed by atoms with Gasteiger partial charge in [-0.2, -0.15) is 11.8 Å². The molecule has 0 bridgehead atoms. The van der Waals surface area contributed by atoms with Crippen molar-refractivity contribution in [1.82, 2.24) is 16.0 Å². The number of nitrogens with two attached hydrogens (primary N) is 1. The molecule has 2 aromatic carbocycles. The van der Waals surface area contributed by atoms with E-state index in [9.17, 15) is 29.1 Å². The topological polar surface area (TPSA) is 188 Å². The van der Waals surface area contributed by atoms with E-state index in [1.165, 1.54) is 11.8 Å². The van der Waals surface area contributed by atoms with Gasteiger partial charge in [0, 0.05) is 12.8 Å². The Balaban J connectivity index is 2.21. The molecular formula is C28H36N4O7S. The van der Waals surface area contributed by atoms with Gasteiger partial charge in [-0.3, -0.25) is 19.2 Å². The maximum atomic E-state index is 13.4. The molecule has 11 nitrogen and oxygen atoms in total. The van der Waals surface area contributed by atoms with Crippen LogP contribution in [-0.4, -0.2) is 76.0 Å². The van der Waals surface area contributed by atoms with Crippen molar-refractivity contribution in [3.8, 4) is 0 Å². The largest absolute Gasteiger partial charge is 0.481 e. The van der Waals surface area contributed by atoms with Crippen molar-refractivity contribution in [3.63, 3.8) is 0 Å². The molecule has 2 rings (SSSR count). The maximum Gasteiger partial charge on any atom is 0.326 e. The van der Waals surface area contributed by atoms with Gasteiger partial charge in [-0.1, -0.05) is 60.7 Å². The summed E-state index contributed by atoms with van der Waals surface area (Å²) in [6.45, 7) is 0. The minimum atomic E-state index is -1.34. The van der Waals surface area contributed by atoms with Crippen LogP contribution in [0.25, 0.3) is 0 Å². The lowest BCUT2D eigenvalue weighted by Crippen LogP contribution is -2.57. The number of hydrogen-bond donors (Lipinski definition) is 6. The van der Waals surface area contributed by atoms with Gasteiger partial charge in [0.05, 0.1) is 6.04 Å². The highest BCUT2D eigenvalue weighted by molar-refractivity contribution is 7.98. The molecule has 0 radical (unpaired) electrons. The van der Waals surface area contributed by atoms with E-state index in [1.54, 1.807) is 36.6 Å². The second kappa shape index (κ2) is 16.9. The molecule has 0 aromatic heterocycles. The van der Waals surface area contributed by atoms with Crippen molar-refractivity contribution in [2.75, 3.05) is 12.0 Å². The van der Waals surface area contributed by atoms with Gasteiger partial charge in [0.2, 0.25) is 17.7 Å². The predicted molar refractivity (Wildman–Crippen MR) is 152 cm³/mol. The second-order valence-corrected chi connectivity index (χ2v) is 10.2. The van der Waals surface area contributed by atoms with Gasteiger partial charge >= 0.3 is 11.9 Å². The highest BCUT2D eigenvalue weighted by Gasteiger charge is 2.30. The Kier molecular flexibility index (Phi) is 13.7. The first-order valence-electron chi connectivity index (χ1n) is 12.8. The number of nitrogens with one attached hydrogen (secondary N) is 3. The second-order valence-electron chi connectivity index (χ2n) is 9.22. The lowest BCUT2D eigenvalue weighted by atomic mass is 10.0. The van der Waals surface area contributed by atoms with Crippen LogP contribution in [0.15, 0.2) is 60.7 Å². The number of benzene rings is 2. The molecule has 0 heterocycles. The van der Waals surface area contributed by atoms with Gasteiger partial charge in [-0.25, -0.2) is 4.79 Å². The van der Waals surface area contributed by atoms with Crippen molar-refractivity contribution >= 4 is 41.4 Å². The number of carbonyl (C=O) groups excluding carboxylic acids is 3. The van der Waals surface area contributed by atoms with Crippen LogP contribution >= 0.6 is 11.8 Å². The van der Waals surface area contributed by atoms with Crippen LogP contribution in [0.4, 0.5) is 0 Å². The van der Waals surface area contributed by atoms with Gasteiger partial charge in [-0.15, -0.1) is 0 Å². The molecular weight excluding hydrogens is 536 g/mol. The van der Waals surface area contributed by atoms with E-state index in [1.807, 2.05) is 30.3 Å². The van der Waals surface area contributed by atoms with E-state index in [0.717, 1.165) is 11.1 Å². The molecule has 2 aromatic rings. The number of carbonyl (C=O) groups is 5. The van der Waals surface area contributed by atoms with Gasteiger partial charge in [0.1, 0.15) is 18.1 Å². The average Bonchev–Trinajstić information content (AvgIpc) is 2.93. The minimum Gasteiger partial charge on any atom is -0.481 e. The highest BCUT2D eigenvalue weighted by Crippen LogP contribution is 2.08. The van der Waals surface area contributed by atoms with E-state index >= 15 is 0 Å². The zero-order valence-electron chi connectivity index (χ0n) is 22.2. The number of rotatable bonds is 17. The Bertz CT molecular complexity index is 1130. The summed E-state index contributed by atoms with van der Waals surface area (Å²) in [5, 5.41) is 26.2. The Morgan fingerprint density at radius 3 is 1.75 bits per heavy atom. The Morgan fingerprint density at radius 1 is 0.725 bits per heavy atom. The fraction of sp³-hybridized carbons (Fsp3) is 0.393. The standard InChI is InChI=1S/C28H36N4O7S/c1-40-15-14-22(28(38)39)31-26(36)21(12-13-24(33)34)30-27(37)23(17-19-10-6-3-7-11-19)32-25(35)20(29)16-18-8-4-2-5-9-18/h2-11,20-23H,12-17,29H2,1H3,(H,30,37)(H,31,36)(H,32,35)(H,33,34)(H,38,39).